The maximum atomic E-state index is 13.6. The number of esters is 1. The van der Waals surface area contributed by atoms with Gasteiger partial charge in [0.05, 0.1) is 23.9 Å². The minimum absolute atomic E-state index is 0.0641. The number of carbonyl (C=O) groups is 1. The monoisotopic (exact) mass is 489 g/mol. The van der Waals surface area contributed by atoms with Gasteiger partial charge in [0.15, 0.2) is 0 Å². The largest absolute Gasteiger partial charge is 0.497 e. The molecule has 5 aromatic rings. The first kappa shape index (κ1) is 22.7. The van der Waals surface area contributed by atoms with E-state index in [4.69, 9.17) is 18.9 Å². The Balaban J connectivity index is 1.39. The Morgan fingerprint density at radius 2 is 1.78 bits per heavy atom. The molecule has 182 valence electrons. The van der Waals surface area contributed by atoms with Gasteiger partial charge in [0.2, 0.25) is 0 Å². The molecule has 1 aliphatic rings. The number of hydrogen-bond donors (Lipinski definition) is 0. The smallest absolute Gasteiger partial charge is 0.339 e. The number of para-hydroxylation sites is 1. The van der Waals surface area contributed by atoms with Crippen molar-refractivity contribution in [3.63, 3.8) is 0 Å². The number of allylic oxidation sites excluding steroid dienone is 1. The van der Waals surface area contributed by atoms with Crippen LogP contribution in [0.1, 0.15) is 39.2 Å². The van der Waals surface area contributed by atoms with Crippen molar-refractivity contribution in [3.05, 3.63) is 117 Å². The number of benzene rings is 3. The van der Waals surface area contributed by atoms with Crippen LogP contribution < -0.4 is 10.4 Å². The molecule has 0 atom stereocenters. The molecule has 1 aliphatic carbocycles. The van der Waals surface area contributed by atoms with E-state index in [-0.39, 0.29) is 6.61 Å². The lowest BCUT2D eigenvalue weighted by molar-refractivity contribution is 0.0475. The van der Waals surface area contributed by atoms with Gasteiger partial charge in [0.25, 0.3) is 0 Å². The standard InChI is InChI=1S/C31H23NO5/c1-35-22-12-14-23-21(16-28(33)37-27(23)17-22)18-36-31(34)29-24-9-5-6-10-26(24)32-30-20(11-13-25(29)30)15-19-7-3-2-4-8-19/h2-10,12,14-17H,11,13,18H2,1H3. The number of aromatic nitrogens is 1. The van der Waals surface area contributed by atoms with Gasteiger partial charge in [-0.2, -0.15) is 0 Å². The average Bonchev–Trinajstić information content (AvgIpc) is 3.31. The molecule has 3 aromatic carbocycles. The molecule has 6 heteroatoms. The number of rotatable bonds is 5. The van der Waals surface area contributed by atoms with E-state index >= 15 is 0 Å². The van der Waals surface area contributed by atoms with E-state index in [9.17, 15) is 9.59 Å². The van der Waals surface area contributed by atoms with E-state index in [2.05, 4.69) is 18.2 Å². The van der Waals surface area contributed by atoms with Crippen LogP contribution in [0.2, 0.25) is 0 Å². The van der Waals surface area contributed by atoms with Gasteiger partial charge in [-0.25, -0.2) is 14.6 Å². The molecule has 0 unspecified atom stereocenters. The molecule has 0 N–H and O–H groups in total. The Morgan fingerprint density at radius 3 is 2.62 bits per heavy atom. The molecule has 0 fully saturated rings. The highest BCUT2D eigenvalue weighted by atomic mass is 16.5. The number of carbonyl (C=O) groups excluding carboxylic acids is 1. The third-order valence-electron chi connectivity index (χ3n) is 6.68. The predicted molar refractivity (Wildman–Crippen MR) is 143 cm³/mol. The van der Waals surface area contributed by atoms with Gasteiger partial charge in [0.1, 0.15) is 17.9 Å². The summed E-state index contributed by atoms with van der Waals surface area (Å²) >= 11 is 0. The van der Waals surface area contributed by atoms with Crippen molar-refractivity contribution in [2.24, 2.45) is 0 Å². The first-order chi connectivity index (χ1) is 18.1. The third-order valence-corrected chi connectivity index (χ3v) is 6.68. The van der Waals surface area contributed by atoms with Crippen molar-refractivity contribution in [1.29, 1.82) is 0 Å². The van der Waals surface area contributed by atoms with Crippen molar-refractivity contribution >= 4 is 39.5 Å². The van der Waals surface area contributed by atoms with Crippen molar-refractivity contribution in [1.82, 2.24) is 4.98 Å². The summed E-state index contributed by atoms with van der Waals surface area (Å²) in [6, 6.07) is 24.3. The lowest BCUT2D eigenvalue weighted by Crippen LogP contribution is -2.11. The Hall–Kier alpha value is -4.71. The van der Waals surface area contributed by atoms with Gasteiger partial charge in [-0.15, -0.1) is 0 Å². The quantitative estimate of drug-likeness (QED) is 0.216. The SMILES string of the molecule is COc1ccc2c(COC(=O)c3c4c(nc5ccccc35)C(=Cc3ccccc3)CC4)cc(=O)oc2c1. The molecule has 0 saturated heterocycles. The summed E-state index contributed by atoms with van der Waals surface area (Å²) in [6.07, 6.45) is 3.63. The van der Waals surface area contributed by atoms with E-state index in [0.29, 0.717) is 34.3 Å². The highest BCUT2D eigenvalue weighted by molar-refractivity contribution is 6.07. The number of nitrogens with zero attached hydrogens (tertiary/aromatic N) is 1. The van der Waals surface area contributed by atoms with E-state index in [1.165, 1.54) is 6.07 Å². The zero-order valence-corrected chi connectivity index (χ0v) is 20.2. The summed E-state index contributed by atoms with van der Waals surface area (Å²) in [5.74, 6) is 0.133. The van der Waals surface area contributed by atoms with Gasteiger partial charge in [-0.05, 0) is 53.8 Å². The minimum atomic E-state index is -0.516. The summed E-state index contributed by atoms with van der Waals surface area (Å²) in [7, 11) is 1.54. The Morgan fingerprint density at radius 1 is 0.973 bits per heavy atom. The number of methoxy groups -OCH3 is 1. The zero-order chi connectivity index (χ0) is 25.4. The molecule has 0 bridgehead atoms. The maximum absolute atomic E-state index is 13.6. The van der Waals surface area contributed by atoms with Gasteiger partial charge >= 0.3 is 11.6 Å². The van der Waals surface area contributed by atoms with Gasteiger partial charge < -0.3 is 13.9 Å². The third kappa shape index (κ3) is 4.27. The molecule has 0 radical (unpaired) electrons. The highest BCUT2D eigenvalue weighted by Gasteiger charge is 2.27. The zero-order valence-electron chi connectivity index (χ0n) is 20.2. The van der Waals surface area contributed by atoms with E-state index < -0.39 is 11.6 Å². The second-order valence-corrected chi connectivity index (χ2v) is 8.94. The Labute approximate surface area is 212 Å². The average molecular weight is 490 g/mol. The maximum Gasteiger partial charge on any atom is 0.339 e. The molecule has 0 amide bonds. The number of ether oxygens (including phenoxy) is 2. The second-order valence-electron chi connectivity index (χ2n) is 8.94. The van der Waals surface area contributed by atoms with Crippen LogP contribution in [0.5, 0.6) is 5.75 Å². The first-order valence-corrected chi connectivity index (χ1v) is 12.1. The molecule has 2 heterocycles. The van der Waals surface area contributed by atoms with Crippen LogP contribution in [0, 0.1) is 0 Å². The van der Waals surface area contributed by atoms with Crippen LogP contribution in [0.4, 0.5) is 0 Å². The molecule has 0 spiro atoms. The lowest BCUT2D eigenvalue weighted by Gasteiger charge is -2.13. The van der Waals surface area contributed by atoms with Gasteiger partial charge in [-0.3, -0.25) is 0 Å². The van der Waals surface area contributed by atoms with Crippen molar-refractivity contribution in [2.75, 3.05) is 7.11 Å². The van der Waals surface area contributed by atoms with E-state index in [1.54, 1.807) is 25.3 Å². The fourth-order valence-corrected chi connectivity index (χ4v) is 4.93. The van der Waals surface area contributed by atoms with Crippen molar-refractivity contribution < 1.29 is 18.7 Å². The molecule has 37 heavy (non-hydrogen) atoms. The van der Waals surface area contributed by atoms with Gasteiger partial charge in [-0.1, -0.05) is 48.5 Å². The van der Waals surface area contributed by atoms with Crippen LogP contribution in [-0.2, 0) is 17.8 Å². The van der Waals surface area contributed by atoms with Crippen LogP contribution in [0.15, 0.2) is 88.1 Å². The number of hydrogen-bond acceptors (Lipinski definition) is 6. The van der Waals surface area contributed by atoms with E-state index in [0.717, 1.165) is 39.7 Å². The summed E-state index contributed by atoms with van der Waals surface area (Å²) < 4.78 is 16.4. The van der Waals surface area contributed by atoms with E-state index in [1.807, 2.05) is 42.5 Å². The minimum Gasteiger partial charge on any atom is -0.497 e. The summed E-state index contributed by atoms with van der Waals surface area (Å²) in [5.41, 5.74) is 5.64. The first-order valence-electron chi connectivity index (χ1n) is 12.1. The highest BCUT2D eigenvalue weighted by Crippen LogP contribution is 2.38. The molecular weight excluding hydrogens is 466 g/mol. The van der Waals surface area contributed by atoms with Crippen molar-refractivity contribution in [3.8, 4) is 5.75 Å². The fourth-order valence-electron chi connectivity index (χ4n) is 4.93. The summed E-state index contributed by atoms with van der Waals surface area (Å²) in [6.45, 7) is -0.0641. The van der Waals surface area contributed by atoms with Gasteiger partial charge in [0, 0.05) is 28.5 Å². The second kappa shape index (κ2) is 9.39. The normalized spacial score (nSPS) is 13.7. The van der Waals surface area contributed by atoms with Crippen LogP contribution in [0.25, 0.3) is 33.5 Å². The lowest BCUT2D eigenvalue weighted by atomic mass is 10.0. The van der Waals surface area contributed by atoms with Crippen LogP contribution in [0.3, 0.4) is 0 Å². The molecule has 6 rings (SSSR count). The van der Waals surface area contributed by atoms with Crippen LogP contribution in [-0.4, -0.2) is 18.1 Å². The Bertz CT molecular complexity index is 1750. The Kier molecular flexibility index (Phi) is 5.77. The summed E-state index contributed by atoms with van der Waals surface area (Å²) in [4.78, 5) is 30.7. The number of pyridine rings is 1. The predicted octanol–water partition coefficient (Wildman–Crippen LogP) is 6.19. The molecule has 2 aromatic heterocycles. The molecule has 6 nitrogen and oxygen atoms in total. The molecule has 0 aliphatic heterocycles. The molecule has 0 saturated carbocycles. The molecular formula is C31H23NO5. The topological polar surface area (TPSA) is 78.6 Å². The number of fused-ring (bicyclic) bond motifs is 3. The fraction of sp³-hybridized carbons (Fsp3) is 0.129. The van der Waals surface area contributed by atoms with Crippen LogP contribution >= 0.6 is 0 Å². The summed E-state index contributed by atoms with van der Waals surface area (Å²) in [5, 5.41) is 1.44. The van der Waals surface area contributed by atoms with Crippen molar-refractivity contribution in [2.45, 2.75) is 19.4 Å².